The molecule has 1 aromatic carbocycles. The van der Waals surface area contributed by atoms with Gasteiger partial charge in [-0.15, -0.1) is 0 Å². The Labute approximate surface area is 213 Å². The van der Waals surface area contributed by atoms with Crippen LogP contribution in [0.4, 0.5) is 18.9 Å². The molecule has 0 saturated heterocycles. The number of amides is 2. The van der Waals surface area contributed by atoms with Crippen LogP contribution in [-0.4, -0.2) is 46.5 Å². The second-order valence-electron chi connectivity index (χ2n) is 9.04. The Hall–Kier alpha value is -3.13. The van der Waals surface area contributed by atoms with Gasteiger partial charge < -0.3 is 9.88 Å². The molecule has 1 aromatic heterocycles. The molecule has 0 aliphatic heterocycles. The first-order chi connectivity index (χ1) is 17.3. The minimum atomic E-state index is -5.54. The first-order valence-corrected chi connectivity index (χ1v) is 13.2. The van der Waals surface area contributed by atoms with Crippen molar-refractivity contribution < 1.29 is 36.4 Å². The van der Waals surface area contributed by atoms with Crippen molar-refractivity contribution in [2.45, 2.75) is 71.0 Å². The average Bonchev–Trinajstić information content (AvgIpc) is 3.19. The SMILES string of the molecule is CCCCc1ncc(C(=O)N[C@H](CC(=O)NO)CC(C)C)n1Cc1ccc(NS(=O)(=O)C(F)(F)F)cc1. The van der Waals surface area contributed by atoms with Gasteiger partial charge in [-0.3, -0.25) is 19.5 Å². The highest BCUT2D eigenvalue weighted by molar-refractivity contribution is 7.93. The lowest BCUT2D eigenvalue weighted by Gasteiger charge is -2.20. The van der Waals surface area contributed by atoms with Gasteiger partial charge in [0.1, 0.15) is 11.5 Å². The molecule has 0 saturated carbocycles. The molecule has 2 aromatic rings. The van der Waals surface area contributed by atoms with Crippen molar-refractivity contribution in [3.05, 3.63) is 47.5 Å². The number of imidazole rings is 1. The van der Waals surface area contributed by atoms with Crippen LogP contribution in [0.25, 0.3) is 0 Å². The molecule has 2 amide bonds. The van der Waals surface area contributed by atoms with Crippen LogP contribution in [0.2, 0.25) is 0 Å². The zero-order chi connectivity index (χ0) is 27.8. The van der Waals surface area contributed by atoms with Crippen LogP contribution in [0, 0.1) is 5.92 Å². The number of aromatic nitrogens is 2. The summed E-state index contributed by atoms with van der Waals surface area (Å²) in [4.78, 5) is 29.2. The first kappa shape index (κ1) is 30.1. The summed E-state index contributed by atoms with van der Waals surface area (Å²) in [6, 6.07) is 4.77. The number of aryl methyl sites for hydroxylation is 1. The Morgan fingerprint density at radius 3 is 2.35 bits per heavy atom. The standard InChI is InChI=1S/C23H32F3N5O5S/c1-4-5-6-20-27-13-19(22(33)28-18(11-15(2)3)12-21(32)29-34)31(20)14-16-7-9-17(10-8-16)30-37(35,36)23(24,25)26/h7-10,13,15,18,30,34H,4-6,11-12,14H2,1-3H3,(H,28,33)(H,29,32)/t18-/m0/s1. The number of carbonyl (C=O) groups is 2. The monoisotopic (exact) mass is 547 g/mol. The fourth-order valence-corrected chi connectivity index (χ4v) is 4.23. The normalized spacial score (nSPS) is 12.9. The number of rotatable bonds is 13. The predicted octanol–water partition coefficient (Wildman–Crippen LogP) is 3.58. The highest BCUT2D eigenvalue weighted by Gasteiger charge is 2.46. The third-order valence-electron chi connectivity index (χ3n) is 5.42. The summed E-state index contributed by atoms with van der Waals surface area (Å²) in [6.07, 6.45) is 4.07. The van der Waals surface area contributed by atoms with Crippen molar-refractivity contribution in [3.8, 4) is 0 Å². The number of hydrogen-bond acceptors (Lipinski definition) is 6. The van der Waals surface area contributed by atoms with Gasteiger partial charge in [0.05, 0.1) is 6.20 Å². The van der Waals surface area contributed by atoms with Gasteiger partial charge in [0.2, 0.25) is 5.91 Å². The van der Waals surface area contributed by atoms with Crippen LogP contribution in [0.3, 0.4) is 0 Å². The summed E-state index contributed by atoms with van der Waals surface area (Å²) in [5.41, 5.74) is -3.31. The summed E-state index contributed by atoms with van der Waals surface area (Å²) >= 11 is 0. The van der Waals surface area contributed by atoms with Gasteiger partial charge >= 0.3 is 15.5 Å². The van der Waals surface area contributed by atoms with Crippen molar-refractivity contribution >= 4 is 27.5 Å². The molecule has 10 nitrogen and oxygen atoms in total. The van der Waals surface area contributed by atoms with E-state index in [0.29, 0.717) is 24.2 Å². The maximum atomic E-state index is 13.2. The van der Waals surface area contributed by atoms with E-state index < -0.39 is 33.4 Å². The van der Waals surface area contributed by atoms with E-state index in [1.165, 1.54) is 35.2 Å². The van der Waals surface area contributed by atoms with Gasteiger partial charge in [-0.2, -0.15) is 21.6 Å². The molecule has 0 unspecified atom stereocenters. The number of halogens is 3. The molecule has 4 N–H and O–H groups in total. The van der Waals surface area contributed by atoms with Crippen LogP contribution < -0.4 is 15.5 Å². The minimum Gasteiger partial charge on any atom is -0.347 e. The quantitative estimate of drug-likeness (QED) is 0.223. The summed E-state index contributed by atoms with van der Waals surface area (Å²) in [6.45, 7) is 6.02. The van der Waals surface area contributed by atoms with Crippen LogP contribution in [0.5, 0.6) is 0 Å². The third-order valence-corrected chi connectivity index (χ3v) is 6.54. The van der Waals surface area contributed by atoms with Gasteiger partial charge in [-0.25, -0.2) is 10.5 Å². The summed E-state index contributed by atoms with van der Waals surface area (Å²) < 4.78 is 63.7. The molecule has 37 heavy (non-hydrogen) atoms. The average molecular weight is 548 g/mol. The molecule has 0 fully saturated rings. The Balaban J connectivity index is 2.29. The van der Waals surface area contributed by atoms with E-state index in [1.54, 1.807) is 10.0 Å². The molecule has 0 aliphatic rings. The maximum Gasteiger partial charge on any atom is 0.516 e. The van der Waals surface area contributed by atoms with E-state index in [1.807, 2.05) is 20.8 Å². The lowest BCUT2D eigenvalue weighted by molar-refractivity contribution is -0.129. The van der Waals surface area contributed by atoms with Gasteiger partial charge in [-0.05, 0) is 36.5 Å². The lowest BCUT2D eigenvalue weighted by atomic mass is 10.0. The molecular formula is C23H32F3N5O5S. The molecule has 0 radical (unpaired) electrons. The number of carbonyl (C=O) groups excluding carboxylic acids is 2. The zero-order valence-corrected chi connectivity index (χ0v) is 21.6. The number of nitrogens with zero attached hydrogens (tertiary/aromatic N) is 2. The number of benzene rings is 1. The van der Waals surface area contributed by atoms with Crippen molar-refractivity contribution in [1.82, 2.24) is 20.3 Å². The Morgan fingerprint density at radius 2 is 1.81 bits per heavy atom. The Kier molecular flexibility index (Phi) is 10.5. The van der Waals surface area contributed by atoms with E-state index in [9.17, 15) is 31.2 Å². The van der Waals surface area contributed by atoms with Crippen molar-refractivity contribution in [2.24, 2.45) is 5.92 Å². The van der Waals surface area contributed by atoms with E-state index in [4.69, 9.17) is 5.21 Å². The third kappa shape index (κ3) is 8.74. The number of anilines is 1. The van der Waals surface area contributed by atoms with Gasteiger partial charge in [-0.1, -0.05) is 39.3 Å². The topological polar surface area (TPSA) is 142 Å². The van der Waals surface area contributed by atoms with E-state index in [0.717, 1.165) is 12.8 Å². The number of sulfonamides is 1. The molecule has 1 heterocycles. The molecule has 206 valence electrons. The summed E-state index contributed by atoms with van der Waals surface area (Å²) in [7, 11) is -5.54. The van der Waals surface area contributed by atoms with Crippen molar-refractivity contribution in [1.29, 1.82) is 0 Å². The largest absolute Gasteiger partial charge is 0.516 e. The van der Waals surface area contributed by atoms with Gasteiger partial charge in [0, 0.05) is 31.1 Å². The number of nitrogens with one attached hydrogen (secondary N) is 3. The number of alkyl halides is 3. The Bertz CT molecular complexity index is 1160. The number of hydrogen-bond donors (Lipinski definition) is 4. The number of hydroxylamine groups is 1. The van der Waals surface area contributed by atoms with Crippen molar-refractivity contribution in [3.63, 3.8) is 0 Å². The zero-order valence-electron chi connectivity index (χ0n) is 20.8. The predicted molar refractivity (Wildman–Crippen MR) is 130 cm³/mol. The highest BCUT2D eigenvalue weighted by atomic mass is 32.2. The van der Waals surface area contributed by atoms with Gasteiger partial charge in [0.15, 0.2) is 0 Å². The molecule has 1 atom stereocenters. The van der Waals surface area contributed by atoms with Crippen LogP contribution >= 0.6 is 0 Å². The highest BCUT2D eigenvalue weighted by Crippen LogP contribution is 2.25. The molecular weight excluding hydrogens is 515 g/mol. The van der Waals surface area contributed by atoms with E-state index in [-0.39, 0.29) is 30.3 Å². The maximum absolute atomic E-state index is 13.2. The molecule has 2 rings (SSSR count). The molecule has 14 heteroatoms. The minimum absolute atomic E-state index is 0.119. The molecule has 0 bridgehead atoms. The first-order valence-electron chi connectivity index (χ1n) is 11.7. The summed E-state index contributed by atoms with van der Waals surface area (Å²) in [5, 5.41) is 11.7. The second-order valence-corrected chi connectivity index (χ2v) is 10.7. The van der Waals surface area contributed by atoms with Gasteiger partial charge in [0.25, 0.3) is 5.91 Å². The van der Waals surface area contributed by atoms with E-state index >= 15 is 0 Å². The second kappa shape index (κ2) is 12.9. The van der Waals surface area contributed by atoms with Crippen LogP contribution in [0.15, 0.2) is 30.5 Å². The van der Waals surface area contributed by atoms with Crippen molar-refractivity contribution in [2.75, 3.05) is 4.72 Å². The molecule has 0 aliphatic carbocycles. The summed E-state index contributed by atoms with van der Waals surface area (Å²) in [5.74, 6) is -0.317. The van der Waals surface area contributed by atoms with E-state index in [2.05, 4.69) is 10.3 Å². The van der Waals surface area contributed by atoms with Crippen LogP contribution in [-0.2, 0) is 27.8 Å². The fraction of sp³-hybridized carbons (Fsp3) is 0.522. The Morgan fingerprint density at radius 1 is 1.16 bits per heavy atom. The van der Waals surface area contributed by atoms with Crippen LogP contribution in [0.1, 0.15) is 68.3 Å². The fourth-order valence-electron chi connectivity index (χ4n) is 3.67. The lowest BCUT2D eigenvalue weighted by Crippen LogP contribution is -2.40. The number of unbranched alkanes of at least 4 members (excludes halogenated alkanes) is 1. The smallest absolute Gasteiger partial charge is 0.347 e. The molecule has 0 spiro atoms.